The molecule has 0 aromatic carbocycles. The summed E-state index contributed by atoms with van der Waals surface area (Å²) in [6.45, 7) is 6.26. The molecule has 8 heavy (non-hydrogen) atoms. The summed E-state index contributed by atoms with van der Waals surface area (Å²) in [6.07, 6.45) is 0. The van der Waals surface area contributed by atoms with Gasteiger partial charge in [-0.3, -0.25) is 0 Å². The number of hydrogen-bond donors (Lipinski definition) is 0. The maximum Gasteiger partial charge on any atom is 0.144 e. The molecule has 0 atom stereocenters. The molecule has 46 valence electrons. The van der Waals surface area contributed by atoms with E-state index in [1.165, 1.54) is 10.8 Å². The van der Waals surface area contributed by atoms with Crippen LogP contribution in [0.5, 0.6) is 0 Å². The second-order valence-electron chi connectivity index (χ2n) is 2.37. The van der Waals surface area contributed by atoms with E-state index >= 15 is 0 Å². The molecule has 0 rings (SSSR count). The van der Waals surface area contributed by atoms with Crippen molar-refractivity contribution in [2.24, 2.45) is 0 Å². The Morgan fingerprint density at radius 1 is 1.38 bits per heavy atom. The van der Waals surface area contributed by atoms with E-state index in [4.69, 9.17) is 5.26 Å². The van der Waals surface area contributed by atoms with Gasteiger partial charge in [0.1, 0.15) is 5.40 Å². The fourth-order valence-electron chi connectivity index (χ4n) is 0.144. The Bertz CT molecular complexity index is 98.0. The molecule has 0 aliphatic rings. The summed E-state index contributed by atoms with van der Waals surface area (Å²) in [5.41, 5.74) is 0. The highest BCUT2D eigenvalue weighted by Gasteiger charge is 2.09. The molecule has 0 saturated heterocycles. The lowest BCUT2D eigenvalue weighted by Gasteiger charge is -2.12. The van der Waals surface area contributed by atoms with E-state index in [-0.39, 0.29) is 4.75 Å². The molecule has 0 saturated carbocycles. The minimum atomic E-state index is 0.209. The predicted molar refractivity (Wildman–Crippen MR) is 40.5 cm³/mol. The summed E-state index contributed by atoms with van der Waals surface area (Å²) in [6, 6.07) is 0. The van der Waals surface area contributed by atoms with Crippen molar-refractivity contribution in [1.82, 2.24) is 0 Å². The van der Waals surface area contributed by atoms with Gasteiger partial charge in [0.05, 0.1) is 0 Å². The van der Waals surface area contributed by atoms with E-state index in [1.807, 2.05) is 5.40 Å². The number of thiocyanates is 1. The quantitative estimate of drug-likeness (QED) is 0.421. The van der Waals surface area contributed by atoms with Crippen LogP contribution in [0.25, 0.3) is 0 Å². The maximum atomic E-state index is 8.12. The van der Waals surface area contributed by atoms with Gasteiger partial charge in [0.25, 0.3) is 0 Å². The summed E-state index contributed by atoms with van der Waals surface area (Å²) < 4.78 is 0.209. The molecule has 0 bridgehead atoms. The Morgan fingerprint density at radius 2 is 1.88 bits per heavy atom. The van der Waals surface area contributed by atoms with Gasteiger partial charge < -0.3 is 0 Å². The average molecular weight is 147 g/mol. The highest BCUT2D eigenvalue weighted by molar-refractivity contribution is 8.78. The van der Waals surface area contributed by atoms with Gasteiger partial charge in [0.2, 0.25) is 0 Å². The van der Waals surface area contributed by atoms with Gasteiger partial charge in [-0.25, -0.2) is 0 Å². The minimum absolute atomic E-state index is 0.209. The van der Waals surface area contributed by atoms with Crippen LogP contribution in [0, 0.1) is 10.7 Å². The number of hydrogen-bond acceptors (Lipinski definition) is 3. The molecule has 0 aliphatic heterocycles. The number of nitriles is 1. The van der Waals surface area contributed by atoms with E-state index < -0.39 is 0 Å². The fraction of sp³-hybridized carbons (Fsp3) is 0.800. The van der Waals surface area contributed by atoms with Crippen molar-refractivity contribution in [3.05, 3.63) is 0 Å². The molecule has 0 unspecified atom stereocenters. The van der Waals surface area contributed by atoms with Crippen molar-refractivity contribution < 1.29 is 0 Å². The highest BCUT2D eigenvalue weighted by Crippen LogP contribution is 2.33. The predicted octanol–water partition coefficient (Wildman–Crippen LogP) is 2.65. The van der Waals surface area contributed by atoms with E-state index in [1.54, 1.807) is 10.8 Å². The molecule has 0 aromatic heterocycles. The van der Waals surface area contributed by atoms with E-state index in [0.29, 0.717) is 0 Å². The van der Waals surface area contributed by atoms with Crippen LogP contribution < -0.4 is 0 Å². The maximum absolute atomic E-state index is 8.12. The Hall–Kier alpha value is 0.190. The van der Waals surface area contributed by atoms with Crippen LogP contribution in [0.4, 0.5) is 0 Å². The first-order chi connectivity index (χ1) is 3.56. The lowest BCUT2D eigenvalue weighted by atomic mass is 10.3. The highest BCUT2D eigenvalue weighted by atomic mass is 33.1. The van der Waals surface area contributed by atoms with Crippen LogP contribution in [-0.2, 0) is 0 Å². The normalized spacial score (nSPS) is 10.8. The fourth-order valence-corrected chi connectivity index (χ4v) is 1.29. The van der Waals surface area contributed by atoms with Gasteiger partial charge in [-0.05, 0) is 0 Å². The molecule has 1 nitrogen and oxygen atoms in total. The van der Waals surface area contributed by atoms with Crippen molar-refractivity contribution in [3.63, 3.8) is 0 Å². The summed E-state index contributed by atoms with van der Waals surface area (Å²) in [7, 11) is 2.83. The van der Waals surface area contributed by atoms with Gasteiger partial charge in [-0.15, -0.1) is 0 Å². The van der Waals surface area contributed by atoms with Crippen molar-refractivity contribution in [1.29, 1.82) is 5.26 Å². The molecule has 0 aromatic rings. The van der Waals surface area contributed by atoms with E-state index in [9.17, 15) is 0 Å². The largest absolute Gasteiger partial charge is 0.184 e. The Labute approximate surface area is 58.2 Å². The van der Waals surface area contributed by atoms with Gasteiger partial charge in [0.15, 0.2) is 0 Å². The van der Waals surface area contributed by atoms with E-state index in [0.717, 1.165) is 0 Å². The van der Waals surface area contributed by atoms with Crippen LogP contribution in [0.2, 0.25) is 0 Å². The Balaban J connectivity index is 3.28. The third-order valence-corrected chi connectivity index (χ3v) is 2.96. The topological polar surface area (TPSA) is 23.8 Å². The lowest BCUT2D eigenvalue weighted by molar-refractivity contribution is 0.810. The van der Waals surface area contributed by atoms with Crippen LogP contribution >= 0.6 is 21.6 Å². The van der Waals surface area contributed by atoms with Gasteiger partial charge >= 0.3 is 0 Å². The second kappa shape index (κ2) is 3.26. The van der Waals surface area contributed by atoms with Gasteiger partial charge in [-0.2, -0.15) is 5.26 Å². The molecule has 3 heteroatoms. The minimum Gasteiger partial charge on any atom is -0.184 e. The molecule has 0 heterocycles. The monoisotopic (exact) mass is 147 g/mol. The zero-order valence-electron chi connectivity index (χ0n) is 5.26. The molecule has 0 fully saturated rings. The first-order valence-electron chi connectivity index (χ1n) is 2.30. The van der Waals surface area contributed by atoms with Crippen LogP contribution in [-0.4, -0.2) is 4.75 Å². The van der Waals surface area contributed by atoms with Crippen LogP contribution in [0.3, 0.4) is 0 Å². The second-order valence-corrected chi connectivity index (χ2v) is 5.11. The van der Waals surface area contributed by atoms with Crippen LogP contribution in [0.15, 0.2) is 0 Å². The Kier molecular flexibility index (Phi) is 3.34. The molecule has 0 amide bonds. The molecular weight excluding hydrogens is 138 g/mol. The number of rotatable bonds is 1. The zero-order chi connectivity index (χ0) is 6.62. The summed E-state index contributed by atoms with van der Waals surface area (Å²) >= 11 is 0. The molecular formula is C5H9NS2. The smallest absolute Gasteiger partial charge is 0.144 e. The van der Waals surface area contributed by atoms with Crippen molar-refractivity contribution in [2.45, 2.75) is 25.5 Å². The van der Waals surface area contributed by atoms with Crippen molar-refractivity contribution >= 4 is 21.6 Å². The van der Waals surface area contributed by atoms with Crippen LogP contribution in [0.1, 0.15) is 20.8 Å². The summed E-state index contributed by atoms with van der Waals surface area (Å²) in [5, 5.41) is 10.1. The molecule has 0 N–H and O–H groups in total. The number of nitrogens with zero attached hydrogens (tertiary/aromatic N) is 1. The molecule has 0 spiro atoms. The van der Waals surface area contributed by atoms with Gasteiger partial charge in [-0.1, -0.05) is 31.6 Å². The first-order valence-corrected chi connectivity index (χ1v) is 4.45. The van der Waals surface area contributed by atoms with E-state index in [2.05, 4.69) is 20.8 Å². The summed E-state index contributed by atoms with van der Waals surface area (Å²) in [5.74, 6) is 0. The van der Waals surface area contributed by atoms with Crippen molar-refractivity contribution in [2.75, 3.05) is 0 Å². The SMILES string of the molecule is CC(C)(C)SSC#N. The Morgan fingerprint density at radius 3 is 2.00 bits per heavy atom. The standard InChI is InChI=1S/C5H9NS2/c1-5(2,3)8-7-4-6/h1-3H3. The average Bonchev–Trinajstić information content (AvgIpc) is 1.59. The summed E-state index contributed by atoms with van der Waals surface area (Å²) in [4.78, 5) is 0. The third kappa shape index (κ3) is 6.19. The third-order valence-electron chi connectivity index (χ3n) is 0.329. The lowest BCUT2D eigenvalue weighted by Crippen LogP contribution is -2.03. The molecule has 0 radical (unpaired) electrons. The van der Waals surface area contributed by atoms with Gasteiger partial charge in [0, 0.05) is 15.5 Å². The zero-order valence-corrected chi connectivity index (χ0v) is 6.90. The first kappa shape index (κ1) is 8.19. The molecule has 0 aliphatic carbocycles. The van der Waals surface area contributed by atoms with Crippen molar-refractivity contribution in [3.8, 4) is 5.40 Å².